The zero-order chi connectivity index (χ0) is 27.1. The van der Waals surface area contributed by atoms with Gasteiger partial charge in [-0.3, -0.25) is 9.59 Å². The first-order valence-electron chi connectivity index (χ1n) is 11.3. The van der Waals surface area contributed by atoms with Crippen molar-refractivity contribution in [3.63, 3.8) is 0 Å². The van der Waals surface area contributed by atoms with Crippen molar-refractivity contribution in [3.8, 4) is 22.9 Å². The van der Waals surface area contributed by atoms with Gasteiger partial charge in [0.05, 0.1) is 37.1 Å². The molecule has 0 radical (unpaired) electrons. The first-order chi connectivity index (χ1) is 17.7. The quantitative estimate of drug-likeness (QED) is 0.334. The lowest BCUT2D eigenvalue weighted by Crippen LogP contribution is -2.32. The molecule has 192 valence electrons. The summed E-state index contributed by atoms with van der Waals surface area (Å²) in [6.45, 7) is 1.88. The lowest BCUT2D eigenvalue weighted by Gasteiger charge is -2.21. The molecule has 1 heterocycles. The smallest absolute Gasteiger partial charge is 0.338 e. The fraction of sp³-hybridized carbons (Fsp3) is 0.259. The molecule has 0 aliphatic carbocycles. The van der Waals surface area contributed by atoms with Crippen LogP contribution in [0.15, 0.2) is 59.5 Å². The molecule has 0 spiro atoms. The van der Waals surface area contributed by atoms with Crippen LogP contribution in [0.4, 0.5) is 8.78 Å². The monoisotopic (exact) mass is 528 g/mol. The van der Waals surface area contributed by atoms with E-state index in [1.165, 1.54) is 55.8 Å². The first-order valence-corrected chi connectivity index (χ1v) is 11.6. The Bertz CT molecular complexity index is 1400. The third kappa shape index (κ3) is 6.60. The second-order valence-electron chi connectivity index (χ2n) is 8.01. The van der Waals surface area contributed by atoms with Gasteiger partial charge in [0.2, 0.25) is 6.43 Å². The highest BCUT2D eigenvalue weighted by molar-refractivity contribution is 6.31. The number of esters is 1. The number of nitrogens with zero attached hydrogens (tertiary/aromatic N) is 2. The molecule has 1 aromatic heterocycles. The van der Waals surface area contributed by atoms with E-state index in [0.29, 0.717) is 16.1 Å². The number of Topliss-reactive ketones (excluding diaryl/α,β-unsaturated/α-hetero) is 1. The maximum atomic E-state index is 13.5. The van der Waals surface area contributed by atoms with Crippen LogP contribution < -0.4 is 10.3 Å². The average molecular weight is 529 g/mol. The van der Waals surface area contributed by atoms with E-state index in [4.69, 9.17) is 21.1 Å². The molecular weight excluding hydrogens is 506 g/mol. The molecule has 0 N–H and O–H groups in total. The molecule has 7 nitrogen and oxygen atoms in total. The highest BCUT2D eigenvalue weighted by atomic mass is 35.5. The highest BCUT2D eigenvalue weighted by Gasteiger charge is 2.27. The van der Waals surface area contributed by atoms with Gasteiger partial charge in [0.15, 0.2) is 5.78 Å². The number of methoxy groups -OCH3 is 1. The number of pyridine rings is 1. The Balaban J connectivity index is 1.99. The second-order valence-corrected chi connectivity index (χ2v) is 8.44. The summed E-state index contributed by atoms with van der Waals surface area (Å²) in [6, 6.07) is 12.2. The summed E-state index contributed by atoms with van der Waals surface area (Å²) in [5.41, 5.74) is 0.834. The predicted octanol–water partition coefficient (Wildman–Crippen LogP) is 5.23. The molecule has 1 atom stereocenters. The normalized spacial score (nSPS) is 11.6. The molecule has 3 aromatic rings. The SMILES string of the molecule is CCOC(=O)c1ccc(CC(=O)C(CC(F)F)n2cc(OC)c(-c3cc(Cl)ccc3C#N)cc2=O)cc1. The van der Waals surface area contributed by atoms with Gasteiger partial charge in [-0.2, -0.15) is 5.26 Å². The topological polar surface area (TPSA) is 98.4 Å². The van der Waals surface area contributed by atoms with Crippen LogP contribution in [0.2, 0.25) is 5.02 Å². The third-order valence-electron chi connectivity index (χ3n) is 5.61. The molecule has 0 aliphatic rings. The first kappa shape index (κ1) is 27.6. The Kier molecular flexibility index (Phi) is 9.15. The van der Waals surface area contributed by atoms with Crippen molar-refractivity contribution in [3.05, 3.63) is 86.8 Å². The number of aromatic nitrogens is 1. The predicted molar refractivity (Wildman–Crippen MR) is 133 cm³/mol. The van der Waals surface area contributed by atoms with Crippen LogP contribution in [0, 0.1) is 11.3 Å². The number of hydrogen-bond donors (Lipinski definition) is 0. The Morgan fingerprint density at radius 1 is 1.11 bits per heavy atom. The van der Waals surface area contributed by atoms with Gasteiger partial charge in [0.1, 0.15) is 11.8 Å². The van der Waals surface area contributed by atoms with Gasteiger partial charge in [-0.05, 0) is 42.8 Å². The number of rotatable bonds is 10. The molecule has 0 saturated heterocycles. The number of ketones is 1. The fourth-order valence-electron chi connectivity index (χ4n) is 3.84. The molecule has 0 saturated carbocycles. The number of alkyl halides is 2. The highest BCUT2D eigenvalue weighted by Crippen LogP contribution is 2.34. The number of hydrogen-bond acceptors (Lipinski definition) is 6. The molecule has 0 fully saturated rings. The van der Waals surface area contributed by atoms with Gasteiger partial charge in [-0.1, -0.05) is 23.7 Å². The minimum atomic E-state index is -2.86. The maximum Gasteiger partial charge on any atom is 0.338 e. The standard InChI is InChI=1S/C27H23ClF2N2O5/c1-3-37-27(35)17-6-4-16(5-7-17)10-23(33)22(13-25(29)30)32-15-24(36-2)21(12-26(32)34)20-11-19(28)9-8-18(20)14-31/h4-9,11-12,15,22,25H,3,10,13H2,1-2H3. The molecular formula is C27H23ClF2N2O5. The molecule has 10 heteroatoms. The number of benzene rings is 2. The lowest BCUT2D eigenvalue weighted by atomic mass is 9.98. The van der Waals surface area contributed by atoms with Crippen LogP contribution in [0.1, 0.15) is 40.9 Å². The summed E-state index contributed by atoms with van der Waals surface area (Å²) in [7, 11) is 1.32. The third-order valence-corrected chi connectivity index (χ3v) is 5.84. The van der Waals surface area contributed by atoms with E-state index >= 15 is 0 Å². The largest absolute Gasteiger partial charge is 0.495 e. The zero-order valence-corrected chi connectivity index (χ0v) is 20.8. The van der Waals surface area contributed by atoms with Gasteiger partial charge in [0, 0.05) is 35.1 Å². The van der Waals surface area contributed by atoms with Crippen LogP contribution in [-0.2, 0) is 16.0 Å². The van der Waals surface area contributed by atoms with Crippen LogP contribution >= 0.6 is 11.6 Å². The molecule has 0 bridgehead atoms. The number of ether oxygens (including phenoxy) is 2. The minimum absolute atomic E-state index is 0.101. The van der Waals surface area contributed by atoms with Crippen molar-refractivity contribution >= 4 is 23.4 Å². The molecule has 1 unspecified atom stereocenters. The number of carbonyl (C=O) groups is 2. The second kappa shape index (κ2) is 12.3. The Morgan fingerprint density at radius 2 is 1.81 bits per heavy atom. The Labute approximate surface area is 216 Å². The van der Waals surface area contributed by atoms with Gasteiger partial charge in [-0.15, -0.1) is 0 Å². The van der Waals surface area contributed by atoms with Gasteiger partial charge >= 0.3 is 5.97 Å². The fourth-order valence-corrected chi connectivity index (χ4v) is 4.02. The van der Waals surface area contributed by atoms with Crippen LogP contribution in [-0.4, -0.2) is 36.5 Å². The van der Waals surface area contributed by atoms with Gasteiger partial charge in [0.25, 0.3) is 5.56 Å². The number of carbonyl (C=O) groups excluding carboxylic acids is 2. The zero-order valence-electron chi connectivity index (χ0n) is 20.0. The van der Waals surface area contributed by atoms with Crippen molar-refractivity contribution < 1.29 is 27.8 Å². The summed E-state index contributed by atoms with van der Waals surface area (Å²) in [6.07, 6.45) is -2.81. The summed E-state index contributed by atoms with van der Waals surface area (Å²) >= 11 is 6.07. The van der Waals surface area contributed by atoms with Crippen LogP contribution in [0.3, 0.4) is 0 Å². The maximum absolute atomic E-state index is 13.5. The number of halogens is 3. The van der Waals surface area contributed by atoms with Crippen molar-refractivity contribution in [1.29, 1.82) is 5.26 Å². The van der Waals surface area contributed by atoms with E-state index in [9.17, 15) is 28.4 Å². The van der Waals surface area contributed by atoms with Crippen LogP contribution in [0.25, 0.3) is 11.1 Å². The van der Waals surface area contributed by atoms with E-state index in [1.807, 2.05) is 6.07 Å². The summed E-state index contributed by atoms with van der Waals surface area (Å²) in [5, 5.41) is 9.78. The van der Waals surface area contributed by atoms with Crippen LogP contribution in [0.5, 0.6) is 5.75 Å². The van der Waals surface area contributed by atoms with Gasteiger partial charge in [-0.25, -0.2) is 13.6 Å². The summed E-state index contributed by atoms with van der Waals surface area (Å²) in [4.78, 5) is 38.0. The molecule has 37 heavy (non-hydrogen) atoms. The van der Waals surface area contributed by atoms with E-state index in [2.05, 4.69) is 0 Å². The van der Waals surface area contributed by atoms with Crippen molar-refractivity contribution in [2.75, 3.05) is 13.7 Å². The summed E-state index contributed by atoms with van der Waals surface area (Å²) in [5.74, 6) is -1.04. The molecule has 2 aromatic carbocycles. The molecule has 3 rings (SSSR count). The molecule has 0 aliphatic heterocycles. The van der Waals surface area contributed by atoms with E-state index < -0.39 is 36.2 Å². The van der Waals surface area contributed by atoms with Crippen molar-refractivity contribution in [1.82, 2.24) is 4.57 Å². The van der Waals surface area contributed by atoms with Crippen molar-refractivity contribution in [2.24, 2.45) is 0 Å². The Morgan fingerprint density at radius 3 is 2.41 bits per heavy atom. The van der Waals surface area contributed by atoms with E-state index in [-0.39, 0.29) is 35.5 Å². The number of nitriles is 1. The van der Waals surface area contributed by atoms with E-state index in [1.54, 1.807) is 6.92 Å². The lowest BCUT2D eigenvalue weighted by molar-refractivity contribution is -0.122. The van der Waals surface area contributed by atoms with Crippen molar-refractivity contribution in [2.45, 2.75) is 32.2 Å². The average Bonchev–Trinajstić information content (AvgIpc) is 2.87. The minimum Gasteiger partial charge on any atom is -0.495 e. The van der Waals surface area contributed by atoms with Gasteiger partial charge < -0.3 is 14.0 Å². The Hall–Kier alpha value is -4.03. The molecule has 0 amide bonds. The summed E-state index contributed by atoms with van der Waals surface area (Å²) < 4.78 is 38.2. The van der Waals surface area contributed by atoms with E-state index in [0.717, 1.165) is 10.6 Å².